The minimum Gasteiger partial charge on any atom is -0.494 e. The third kappa shape index (κ3) is 12.7. The number of rotatable bonds is 20. The van der Waals surface area contributed by atoms with Gasteiger partial charge in [0.15, 0.2) is 5.82 Å². The Kier molecular flexibility index (Phi) is 16.2. The molecule has 356 valence electrons. The lowest BCUT2D eigenvalue weighted by Crippen LogP contribution is -2.05. The first-order valence-corrected chi connectivity index (χ1v) is 23.1. The maximum atomic E-state index is 11.8. The molecule has 0 saturated carbocycles. The molecule has 0 bridgehead atoms. The van der Waals surface area contributed by atoms with Crippen LogP contribution in [0.3, 0.4) is 0 Å². The number of benzene rings is 5. The summed E-state index contributed by atoms with van der Waals surface area (Å²) in [6, 6.07) is 24.5. The van der Waals surface area contributed by atoms with E-state index in [2.05, 4.69) is 42.1 Å². The Morgan fingerprint density at radius 3 is 1.74 bits per heavy atom. The van der Waals surface area contributed by atoms with Gasteiger partial charge in [-0.05, 0) is 79.6 Å². The number of methoxy groups -OCH3 is 1. The highest BCUT2D eigenvalue weighted by Gasteiger charge is 2.21. The standard InChI is InChI=1S/C45H41N9O13S2/c1-26-20-37(40(65-3)22-35(26)50-49-34-7-5-4-6-32(34)45(57)58)51-52-38-23-42(67-19-17-56)39(24-41(38)66-18-16-55)53-54-43-27(2)33(25-46)36(21-28-8-12-30(13-9-28)68(59,60)61)48-44(43)47-29-10-14-31(15-11-29)69(62,63)64/h4-15,20,22-24,55-56H,16-19,21H2,1-3H3,(H,47,48)(H,57,58)(H,59,60,61)(H,62,63,64). The fourth-order valence-corrected chi connectivity index (χ4v) is 7.33. The van der Waals surface area contributed by atoms with Gasteiger partial charge in [0.2, 0.25) is 0 Å². The third-order valence-electron chi connectivity index (χ3n) is 9.77. The lowest BCUT2D eigenvalue weighted by atomic mass is 10.0. The molecule has 0 atom stereocenters. The summed E-state index contributed by atoms with van der Waals surface area (Å²) < 4.78 is 83.0. The fourth-order valence-electron chi connectivity index (χ4n) is 6.37. The highest BCUT2D eigenvalue weighted by atomic mass is 32.2. The van der Waals surface area contributed by atoms with E-state index in [4.69, 9.17) is 19.2 Å². The number of aromatic carboxylic acids is 1. The van der Waals surface area contributed by atoms with Crippen molar-refractivity contribution < 1.29 is 60.3 Å². The summed E-state index contributed by atoms with van der Waals surface area (Å²) in [5, 5.41) is 68.5. The number of nitrogens with zero attached hydrogens (tertiary/aromatic N) is 8. The van der Waals surface area contributed by atoms with Crippen LogP contribution < -0.4 is 19.5 Å². The number of azo groups is 3. The number of aryl methyl sites for hydroxylation is 1. The zero-order valence-corrected chi connectivity index (χ0v) is 38.3. The molecule has 0 saturated heterocycles. The van der Waals surface area contributed by atoms with Crippen LogP contribution >= 0.6 is 0 Å². The first-order chi connectivity index (χ1) is 32.9. The normalized spacial score (nSPS) is 11.9. The van der Waals surface area contributed by atoms with E-state index in [1.54, 1.807) is 38.1 Å². The minimum absolute atomic E-state index is 0.00829. The average molecular weight is 980 g/mol. The molecule has 6 N–H and O–H groups in total. The second-order valence-electron chi connectivity index (χ2n) is 14.5. The first-order valence-electron chi connectivity index (χ1n) is 20.2. The summed E-state index contributed by atoms with van der Waals surface area (Å²) in [6.45, 7) is 2.11. The Balaban J connectivity index is 1.42. The van der Waals surface area contributed by atoms with Gasteiger partial charge in [0.1, 0.15) is 65.0 Å². The lowest BCUT2D eigenvalue weighted by Gasteiger charge is -2.16. The monoisotopic (exact) mass is 979 g/mol. The highest BCUT2D eigenvalue weighted by Crippen LogP contribution is 2.44. The van der Waals surface area contributed by atoms with Gasteiger partial charge in [0.05, 0.1) is 52.6 Å². The van der Waals surface area contributed by atoms with E-state index in [0.717, 1.165) is 12.1 Å². The number of anilines is 2. The fraction of sp³-hybridized carbons (Fsp3) is 0.178. The zero-order chi connectivity index (χ0) is 49.9. The van der Waals surface area contributed by atoms with Crippen molar-refractivity contribution in [3.63, 3.8) is 0 Å². The molecule has 0 aliphatic heterocycles. The summed E-state index contributed by atoms with van der Waals surface area (Å²) in [4.78, 5) is 15.7. The smallest absolute Gasteiger partial charge is 0.337 e. The SMILES string of the molecule is COc1cc(N=Nc2ccccc2C(=O)O)c(C)cc1N=Nc1cc(OCCO)c(N=Nc2c(Nc3ccc(S(=O)(=O)O)cc3)nc(Cc3ccc(S(=O)(=O)O)cc3)c(C#N)c2C)cc1OCCO. The van der Waals surface area contributed by atoms with E-state index in [1.807, 2.05) is 0 Å². The molecule has 0 fully saturated rings. The molecule has 0 amide bonds. The Morgan fingerprint density at radius 1 is 0.696 bits per heavy atom. The van der Waals surface area contributed by atoms with Crippen molar-refractivity contribution in [1.82, 2.24) is 4.98 Å². The van der Waals surface area contributed by atoms with Gasteiger partial charge < -0.3 is 34.8 Å². The van der Waals surface area contributed by atoms with Crippen LogP contribution in [-0.2, 0) is 26.7 Å². The van der Waals surface area contributed by atoms with Gasteiger partial charge >= 0.3 is 5.97 Å². The van der Waals surface area contributed by atoms with Gasteiger partial charge in [-0.25, -0.2) is 9.78 Å². The summed E-state index contributed by atoms with van der Waals surface area (Å²) in [5.41, 5.74) is 2.82. The number of aliphatic hydroxyl groups excluding tert-OH is 2. The van der Waals surface area contributed by atoms with Crippen LogP contribution in [0.25, 0.3) is 0 Å². The number of carbonyl (C=O) groups is 1. The largest absolute Gasteiger partial charge is 0.494 e. The number of pyridine rings is 1. The number of aliphatic hydroxyl groups is 2. The van der Waals surface area contributed by atoms with Gasteiger partial charge in [-0.15, -0.1) is 25.6 Å². The van der Waals surface area contributed by atoms with Crippen LogP contribution in [0.15, 0.2) is 138 Å². The van der Waals surface area contributed by atoms with Crippen molar-refractivity contribution >= 4 is 71.8 Å². The molecule has 5 aromatic carbocycles. The second kappa shape index (κ2) is 22.2. The topological polar surface area (TPSA) is 337 Å². The first kappa shape index (κ1) is 50.4. The summed E-state index contributed by atoms with van der Waals surface area (Å²) in [5.74, 6) is -0.823. The Morgan fingerprint density at radius 2 is 1.20 bits per heavy atom. The van der Waals surface area contributed by atoms with Crippen LogP contribution in [0.1, 0.15) is 38.3 Å². The number of hydrogen-bond acceptors (Lipinski definition) is 19. The van der Waals surface area contributed by atoms with Gasteiger partial charge in [0.25, 0.3) is 20.2 Å². The number of carboxylic acid groups (broad SMARTS) is 1. The molecule has 1 heterocycles. The molecular weight excluding hydrogens is 939 g/mol. The number of nitriles is 1. The predicted molar refractivity (Wildman–Crippen MR) is 248 cm³/mol. The van der Waals surface area contributed by atoms with Crippen molar-refractivity contribution in [2.75, 3.05) is 38.9 Å². The molecule has 0 aliphatic rings. The van der Waals surface area contributed by atoms with Crippen molar-refractivity contribution in [3.8, 4) is 23.3 Å². The van der Waals surface area contributed by atoms with E-state index in [9.17, 15) is 51.3 Å². The van der Waals surface area contributed by atoms with Crippen LogP contribution in [-0.4, -0.2) is 85.8 Å². The van der Waals surface area contributed by atoms with Crippen LogP contribution in [0.4, 0.5) is 45.6 Å². The Hall–Kier alpha value is -8.05. The van der Waals surface area contributed by atoms with Crippen LogP contribution in [0, 0.1) is 25.2 Å². The molecule has 0 aliphatic carbocycles. The van der Waals surface area contributed by atoms with Crippen molar-refractivity contribution in [2.24, 2.45) is 30.7 Å². The van der Waals surface area contributed by atoms with Crippen molar-refractivity contribution in [3.05, 3.63) is 131 Å². The lowest BCUT2D eigenvalue weighted by molar-refractivity contribution is 0.0697. The minimum atomic E-state index is -4.53. The van der Waals surface area contributed by atoms with Gasteiger partial charge in [0, 0.05) is 35.9 Å². The van der Waals surface area contributed by atoms with Gasteiger partial charge in [-0.2, -0.15) is 27.2 Å². The van der Waals surface area contributed by atoms with E-state index in [0.29, 0.717) is 16.8 Å². The molecule has 0 spiro atoms. The quantitative estimate of drug-likeness (QED) is 0.0307. The number of carboxylic acids is 1. The van der Waals surface area contributed by atoms with E-state index in [-0.39, 0.29) is 109 Å². The van der Waals surface area contributed by atoms with Crippen LogP contribution in [0.5, 0.6) is 17.2 Å². The summed E-state index contributed by atoms with van der Waals surface area (Å²) >= 11 is 0. The van der Waals surface area contributed by atoms with E-state index in [1.165, 1.54) is 67.8 Å². The number of ether oxygens (including phenoxy) is 3. The number of nitrogens with one attached hydrogen (secondary N) is 1. The average Bonchev–Trinajstić information content (AvgIpc) is 3.31. The predicted octanol–water partition coefficient (Wildman–Crippen LogP) is 9.09. The maximum absolute atomic E-state index is 11.8. The molecule has 22 nitrogen and oxygen atoms in total. The second-order valence-corrected chi connectivity index (χ2v) is 17.3. The van der Waals surface area contributed by atoms with E-state index >= 15 is 0 Å². The summed E-state index contributed by atoms with van der Waals surface area (Å²) in [6.07, 6.45) is 0.00829. The third-order valence-corrected chi connectivity index (χ3v) is 11.5. The molecule has 24 heteroatoms. The Bertz CT molecular complexity index is 3250. The molecule has 0 unspecified atom stereocenters. The zero-order valence-electron chi connectivity index (χ0n) is 36.7. The van der Waals surface area contributed by atoms with E-state index < -0.39 is 39.4 Å². The van der Waals surface area contributed by atoms with Crippen LogP contribution in [0.2, 0.25) is 0 Å². The molecule has 69 heavy (non-hydrogen) atoms. The van der Waals surface area contributed by atoms with Gasteiger partial charge in [-0.1, -0.05) is 24.3 Å². The molecule has 1 aromatic heterocycles. The molecule has 6 aromatic rings. The number of aromatic nitrogens is 1. The molecular formula is C45H41N9O13S2. The highest BCUT2D eigenvalue weighted by molar-refractivity contribution is 7.86. The van der Waals surface area contributed by atoms with Crippen molar-refractivity contribution in [1.29, 1.82) is 5.26 Å². The van der Waals surface area contributed by atoms with Crippen molar-refractivity contribution in [2.45, 2.75) is 30.1 Å². The number of hydrogen-bond donors (Lipinski definition) is 6. The summed E-state index contributed by atoms with van der Waals surface area (Å²) in [7, 11) is -7.60. The molecule has 0 radical (unpaired) electrons. The Labute approximate surface area is 394 Å². The maximum Gasteiger partial charge on any atom is 0.337 e. The van der Waals surface area contributed by atoms with Gasteiger partial charge in [-0.3, -0.25) is 9.11 Å². The molecule has 6 rings (SSSR count).